The molecular formula is C11H17N3O2. The summed E-state index contributed by atoms with van der Waals surface area (Å²) in [4.78, 5) is 18.0. The molecule has 0 radical (unpaired) electrons. The Bertz CT molecular complexity index is 337. The van der Waals surface area contributed by atoms with E-state index in [1.165, 1.54) is 0 Å². The molecule has 2 atom stereocenters. The Morgan fingerprint density at radius 2 is 2.50 bits per heavy atom. The number of hydrogen-bond acceptors (Lipinski definition) is 3. The number of imidazole rings is 1. The molecule has 0 aromatic carbocycles. The first kappa shape index (κ1) is 11.1. The van der Waals surface area contributed by atoms with Gasteiger partial charge in [-0.2, -0.15) is 0 Å². The number of aromatic nitrogens is 2. The molecule has 0 bridgehead atoms. The smallest absolute Gasteiger partial charge is 0.306 e. The number of aromatic amines is 1. The van der Waals surface area contributed by atoms with Gasteiger partial charge < -0.3 is 15.4 Å². The third kappa shape index (κ3) is 2.82. The van der Waals surface area contributed by atoms with Gasteiger partial charge >= 0.3 is 5.97 Å². The van der Waals surface area contributed by atoms with Crippen molar-refractivity contribution >= 4 is 5.97 Å². The van der Waals surface area contributed by atoms with Crippen molar-refractivity contribution in [3.05, 3.63) is 18.2 Å². The van der Waals surface area contributed by atoms with Gasteiger partial charge in [0.15, 0.2) is 0 Å². The highest BCUT2D eigenvalue weighted by Crippen LogP contribution is 2.24. The van der Waals surface area contributed by atoms with Gasteiger partial charge in [-0.1, -0.05) is 6.42 Å². The van der Waals surface area contributed by atoms with Crippen molar-refractivity contribution in [2.24, 2.45) is 5.92 Å². The molecule has 1 aromatic heterocycles. The fourth-order valence-corrected chi connectivity index (χ4v) is 2.24. The Morgan fingerprint density at radius 1 is 1.62 bits per heavy atom. The monoisotopic (exact) mass is 223 g/mol. The first-order valence-corrected chi connectivity index (χ1v) is 5.70. The Balaban J connectivity index is 1.79. The molecule has 5 heteroatoms. The quantitative estimate of drug-likeness (QED) is 0.715. The van der Waals surface area contributed by atoms with Crippen LogP contribution in [0.3, 0.4) is 0 Å². The summed E-state index contributed by atoms with van der Waals surface area (Å²) in [5, 5.41) is 12.3. The minimum Gasteiger partial charge on any atom is -0.481 e. The molecule has 1 fully saturated rings. The molecule has 16 heavy (non-hydrogen) atoms. The second kappa shape index (κ2) is 5.12. The average Bonchev–Trinajstić information content (AvgIpc) is 2.79. The molecule has 2 unspecified atom stereocenters. The Kier molecular flexibility index (Phi) is 3.56. The van der Waals surface area contributed by atoms with E-state index in [0.29, 0.717) is 12.6 Å². The molecule has 2 rings (SSSR count). The zero-order valence-corrected chi connectivity index (χ0v) is 9.15. The number of rotatable bonds is 4. The highest BCUT2D eigenvalue weighted by molar-refractivity contribution is 5.70. The summed E-state index contributed by atoms with van der Waals surface area (Å²) in [5.74, 6) is 0.0600. The van der Waals surface area contributed by atoms with Crippen LogP contribution < -0.4 is 5.32 Å². The van der Waals surface area contributed by atoms with Crippen molar-refractivity contribution in [2.75, 3.05) is 0 Å². The molecule has 0 aliphatic heterocycles. The van der Waals surface area contributed by atoms with Crippen LogP contribution in [-0.2, 0) is 11.3 Å². The third-order valence-electron chi connectivity index (χ3n) is 3.14. The summed E-state index contributed by atoms with van der Waals surface area (Å²) >= 11 is 0. The number of H-pyrrole nitrogens is 1. The molecule has 3 N–H and O–H groups in total. The van der Waals surface area contributed by atoms with Gasteiger partial charge in [-0.25, -0.2) is 4.98 Å². The molecule has 1 aliphatic rings. The molecule has 0 spiro atoms. The summed E-state index contributed by atoms with van der Waals surface area (Å²) < 4.78 is 0. The maximum atomic E-state index is 10.9. The zero-order valence-electron chi connectivity index (χ0n) is 9.15. The number of hydrogen-bond donors (Lipinski definition) is 3. The first-order chi connectivity index (χ1) is 7.75. The lowest BCUT2D eigenvalue weighted by Crippen LogP contribution is -2.36. The molecular weight excluding hydrogens is 206 g/mol. The van der Waals surface area contributed by atoms with Crippen LogP contribution in [0.15, 0.2) is 12.4 Å². The lowest BCUT2D eigenvalue weighted by molar-refractivity contribution is -0.143. The van der Waals surface area contributed by atoms with Gasteiger partial charge in [0, 0.05) is 18.4 Å². The maximum Gasteiger partial charge on any atom is 0.306 e. The topological polar surface area (TPSA) is 78.0 Å². The van der Waals surface area contributed by atoms with Gasteiger partial charge in [-0.05, 0) is 19.3 Å². The third-order valence-corrected chi connectivity index (χ3v) is 3.14. The fourth-order valence-electron chi connectivity index (χ4n) is 2.24. The lowest BCUT2D eigenvalue weighted by Gasteiger charge is -2.27. The molecule has 1 saturated carbocycles. The molecule has 1 aliphatic carbocycles. The fraction of sp³-hybridized carbons (Fsp3) is 0.636. The summed E-state index contributed by atoms with van der Waals surface area (Å²) in [5.41, 5.74) is 0. The summed E-state index contributed by atoms with van der Waals surface area (Å²) in [7, 11) is 0. The number of carbonyl (C=O) groups is 1. The van der Waals surface area contributed by atoms with Crippen molar-refractivity contribution in [2.45, 2.75) is 38.3 Å². The van der Waals surface area contributed by atoms with Crippen LogP contribution in [0.1, 0.15) is 31.5 Å². The van der Waals surface area contributed by atoms with E-state index < -0.39 is 5.97 Å². The normalized spacial score (nSPS) is 25.5. The standard InChI is InChI=1S/C11H17N3O2/c15-11(16)8-2-1-3-9(6-8)14-7-10-12-4-5-13-10/h4-5,8-9,14H,1-3,6-7H2,(H,12,13)(H,15,16). The predicted molar refractivity (Wildman–Crippen MR) is 58.8 cm³/mol. The second-order valence-electron chi connectivity index (χ2n) is 4.32. The minimum atomic E-state index is -0.663. The van der Waals surface area contributed by atoms with Gasteiger partial charge in [0.2, 0.25) is 0 Å². The van der Waals surface area contributed by atoms with Gasteiger partial charge in [-0.3, -0.25) is 4.79 Å². The van der Waals surface area contributed by atoms with E-state index in [1.54, 1.807) is 12.4 Å². The molecule has 5 nitrogen and oxygen atoms in total. The average molecular weight is 223 g/mol. The van der Waals surface area contributed by atoms with Crippen LogP contribution in [0.25, 0.3) is 0 Å². The lowest BCUT2D eigenvalue weighted by atomic mass is 9.86. The van der Waals surface area contributed by atoms with E-state index in [0.717, 1.165) is 31.5 Å². The van der Waals surface area contributed by atoms with Crippen molar-refractivity contribution in [3.8, 4) is 0 Å². The van der Waals surface area contributed by atoms with Gasteiger partial charge in [0.05, 0.1) is 12.5 Å². The Hall–Kier alpha value is -1.36. The van der Waals surface area contributed by atoms with Crippen molar-refractivity contribution in [3.63, 3.8) is 0 Å². The van der Waals surface area contributed by atoms with Crippen molar-refractivity contribution in [1.82, 2.24) is 15.3 Å². The van der Waals surface area contributed by atoms with Gasteiger partial charge in [0.25, 0.3) is 0 Å². The minimum absolute atomic E-state index is 0.178. The van der Waals surface area contributed by atoms with E-state index in [4.69, 9.17) is 5.11 Å². The number of carboxylic acids is 1. The largest absolute Gasteiger partial charge is 0.481 e. The van der Waals surface area contributed by atoms with E-state index >= 15 is 0 Å². The second-order valence-corrected chi connectivity index (χ2v) is 4.32. The van der Waals surface area contributed by atoms with Crippen LogP contribution in [0, 0.1) is 5.92 Å². The highest BCUT2D eigenvalue weighted by atomic mass is 16.4. The molecule has 1 heterocycles. The first-order valence-electron chi connectivity index (χ1n) is 5.70. The van der Waals surface area contributed by atoms with E-state index in [-0.39, 0.29) is 5.92 Å². The van der Waals surface area contributed by atoms with Crippen molar-refractivity contribution in [1.29, 1.82) is 0 Å². The molecule has 0 saturated heterocycles. The number of aliphatic carboxylic acids is 1. The predicted octanol–water partition coefficient (Wildman–Crippen LogP) is 1.14. The Labute approximate surface area is 94.3 Å². The van der Waals surface area contributed by atoms with Crippen LogP contribution in [0.5, 0.6) is 0 Å². The molecule has 0 amide bonds. The van der Waals surface area contributed by atoms with E-state index in [9.17, 15) is 4.79 Å². The maximum absolute atomic E-state index is 10.9. The van der Waals surface area contributed by atoms with Gasteiger partial charge in [-0.15, -0.1) is 0 Å². The van der Waals surface area contributed by atoms with E-state index in [2.05, 4.69) is 15.3 Å². The zero-order chi connectivity index (χ0) is 11.4. The number of nitrogens with zero attached hydrogens (tertiary/aromatic N) is 1. The summed E-state index contributed by atoms with van der Waals surface area (Å²) in [6, 6.07) is 0.306. The van der Waals surface area contributed by atoms with E-state index in [1.807, 2.05) is 0 Å². The van der Waals surface area contributed by atoms with Crippen LogP contribution in [-0.4, -0.2) is 27.1 Å². The van der Waals surface area contributed by atoms with Crippen LogP contribution in [0.2, 0.25) is 0 Å². The Morgan fingerprint density at radius 3 is 3.19 bits per heavy atom. The number of carboxylic acid groups (broad SMARTS) is 1. The van der Waals surface area contributed by atoms with Crippen molar-refractivity contribution < 1.29 is 9.90 Å². The summed E-state index contributed by atoms with van der Waals surface area (Å²) in [6.45, 7) is 0.685. The number of nitrogens with one attached hydrogen (secondary N) is 2. The van der Waals surface area contributed by atoms with Crippen LogP contribution >= 0.6 is 0 Å². The summed E-state index contributed by atoms with van der Waals surface area (Å²) in [6.07, 6.45) is 7.11. The highest BCUT2D eigenvalue weighted by Gasteiger charge is 2.26. The van der Waals surface area contributed by atoms with Crippen LogP contribution in [0.4, 0.5) is 0 Å². The molecule has 1 aromatic rings. The SMILES string of the molecule is O=C(O)C1CCCC(NCc2ncc[nH]2)C1. The van der Waals surface area contributed by atoms with Gasteiger partial charge in [0.1, 0.15) is 5.82 Å². The molecule has 88 valence electrons.